The molecule has 8 heteroatoms. The van der Waals surface area contributed by atoms with Gasteiger partial charge in [0.05, 0.1) is 6.07 Å². The lowest BCUT2D eigenvalue weighted by atomic mass is 9.97. The molecule has 0 heterocycles. The summed E-state index contributed by atoms with van der Waals surface area (Å²) in [5, 5.41) is 14.0. The molecule has 4 N–H and O–H groups in total. The van der Waals surface area contributed by atoms with Crippen LogP contribution in [-0.2, 0) is 27.4 Å². The smallest absolute Gasteiger partial charge is 0.408 e. The quantitative estimate of drug-likeness (QED) is 0.539. The zero-order valence-electron chi connectivity index (χ0n) is 17.3. The van der Waals surface area contributed by atoms with Crippen molar-refractivity contribution in [1.82, 2.24) is 10.6 Å². The summed E-state index contributed by atoms with van der Waals surface area (Å²) in [5.41, 5.74) is 7.03. The predicted octanol–water partition coefficient (Wildman–Crippen LogP) is 2.04. The van der Waals surface area contributed by atoms with Crippen LogP contribution in [0.2, 0.25) is 0 Å². The van der Waals surface area contributed by atoms with Crippen molar-refractivity contribution in [2.24, 2.45) is 11.7 Å². The fourth-order valence-electron chi connectivity index (χ4n) is 2.98. The zero-order valence-corrected chi connectivity index (χ0v) is 17.3. The van der Waals surface area contributed by atoms with Gasteiger partial charge in [-0.05, 0) is 17.0 Å². The maximum atomic E-state index is 12.9. The van der Waals surface area contributed by atoms with Crippen molar-refractivity contribution in [1.29, 1.82) is 5.26 Å². The minimum absolute atomic E-state index is 0.0454. The van der Waals surface area contributed by atoms with Crippen LogP contribution in [-0.4, -0.2) is 30.0 Å². The molecule has 0 saturated heterocycles. The van der Waals surface area contributed by atoms with Crippen LogP contribution in [0.15, 0.2) is 60.7 Å². The Labute approximate surface area is 181 Å². The SMILES string of the molecule is C[C@H](CC#N)[C@H](NC(=O)[C@H](Cc1ccccc1)NC(=O)OCc1ccccc1)C(N)=O. The van der Waals surface area contributed by atoms with Gasteiger partial charge in [-0.3, -0.25) is 9.59 Å². The highest BCUT2D eigenvalue weighted by Crippen LogP contribution is 2.10. The van der Waals surface area contributed by atoms with Gasteiger partial charge in [-0.1, -0.05) is 67.6 Å². The Morgan fingerprint density at radius 1 is 1.00 bits per heavy atom. The van der Waals surface area contributed by atoms with Crippen LogP contribution in [0.25, 0.3) is 0 Å². The number of benzene rings is 2. The fourth-order valence-corrected chi connectivity index (χ4v) is 2.98. The van der Waals surface area contributed by atoms with Crippen LogP contribution in [0.1, 0.15) is 24.5 Å². The Balaban J connectivity index is 2.09. The van der Waals surface area contributed by atoms with Gasteiger partial charge >= 0.3 is 6.09 Å². The van der Waals surface area contributed by atoms with Crippen LogP contribution in [0.3, 0.4) is 0 Å². The van der Waals surface area contributed by atoms with Gasteiger partial charge in [0.15, 0.2) is 0 Å². The van der Waals surface area contributed by atoms with E-state index in [1.165, 1.54) is 0 Å². The fraction of sp³-hybridized carbons (Fsp3) is 0.304. The van der Waals surface area contributed by atoms with E-state index in [2.05, 4.69) is 10.6 Å². The van der Waals surface area contributed by atoms with Crippen molar-refractivity contribution in [3.8, 4) is 6.07 Å². The molecule has 0 radical (unpaired) electrons. The zero-order chi connectivity index (χ0) is 22.6. The van der Waals surface area contributed by atoms with Crippen LogP contribution in [0, 0.1) is 17.2 Å². The van der Waals surface area contributed by atoms with Crippen LogP contribution < -0.4 is 16.4 Å². The normalized spacial score (nSPS) is 13.2. The van der Waals surface area contributed by atoms with Crippen LogP contribution in [0.4, 0.5) is 4.79 Å². The highest BCUT2D eigenvalue weighted by atomic mass is 16.5. The van der Waals surface area contributed by atoms with Crippen molar-refractivity contribution in [3.05, 3.63) is 71.8 Å². The molecular weight excluding hydrogens is 396 g/mol. The molecule has 3 amide bonds. The lowest BCUT2D eigenvalue weighted by molar-refractivity contribution is -0.129. The molecule has 0 aliphatic rings. The number of alkyl carbamates (subject to hydrolysis) is 1. The molecule has 2 rings (SSSR count). The summed E-state index contributed by atoms with van der Waals surface area (Å²) in [6.07, 6.45) is -0.532. The summed E-state index contributed by atoms with van der Waals surface area (Å²) in [6, 6.07) is 18.2. The van der Waals surface area contributed by atoms with E-state index in [4.69, 9.17) is 15.7 Å². The van der Waals surface area contributed by atoms with Gasteiger partial charge in [0.25, 0.3) is 0 Å². The number of amides is 3. The highest BCUT2D eigenvalue weighted by Gasteiger charge is 2.29. The number of primary amides is 1. The lowest BCUT2D eigenvalue weighted by Gasteiger charge is -2.24. The molecule has 0 bridgehead atoms. The van der Waals surface area contributed by atoms with E-state index in [0.717, 1.165) is 11.1 Å². The van der Waals surface area contributed by atoms with Crippen molar-refractivity contribution in [2.45, 2.75) is 38.5 Å². The van der Waals surface area contributed by atoms with Crippen LogP contribution >= 0.6 is 0 Å². The number of rotatable bonds is 10. The number of nitrogens with zero attached hydrogens (tertiary/aromatic N) is 1. The third-order valence-electron chi connectivity index (χ3n) is 4.69. The van der Waals surface area contributed by atoms with Crippen molar-refractivity contribution >= 4 is 17.9 Å². The van der Waals surface area contributed by atoms with Gasteiger partial charge in [-0.25, -0.2) is 4.79 Å². The molecule has 8 nitrogen and oxygen atoms in total. The number of carbonyl (C=O) groups is 3. The number of nitriles is 1. The molecule has 2 aromatic carbocycles. The van der Waals surface area contributed by atoms with Gasteiger partial charge < -0.3 is 21.1 Å². The summed E-state index contributed by atoms with van der Waals surface area (Å²) < 4.78 is 5.22. The minimum atomic E-state index is -1.03. The molecule has 0 aliphatic heterocycles. The Morgan fingerprint density at radius 2 is 1.58 bits per heavy atom. The second kappa shape index (κ2) is 12.0. The Morgan fingerprint density at radius 3 is 2.13 bits per heavy atom. The molecule has 3 atom stereocenters. The molecule has 0 aliphatic carbocycles. The molecule has 162 valence electrons. The van der Waals surface area contributed by atoms with E-state index >= 15 is 0 Å². The first-order chi connectivity index (χ1) is 14.9. The van der Waals surface area contributed by atoms with E-state index in [1.54, 1.807) is 6.92 Å². The number of hydrogen-bond donors (Lipinski definition) is 3. The van der Waals surface area contributed by atoms with Gasteiger partial charge in [0.1, 0.15) is 18.7 Å². The maximum absolute atomic E-state index is 12.9. The van der Waals surface area contributed by atoms with Gasteiger partial charge in [-0.15, -0.1) is 0 Å². The summed E-state index contributed by atoms with van der Waals surface area (Å²) in [4.78, 5) is 37.0. The van der Waals surface area contributed by atoms with E-state index < -0.39 is 35.9 Å². The summed E-state index contributed by atoms with van der Waals surface area (Å²) in [7, 11) is 0. The largest absolute Gasteiger partial charge is 0.445 e. The summed E-state index contributed by atoms with van der Waals surface area (Å²) in [5.74, 6) is -1.82. The Bertz CT molecular complexity index is 912. The number of nitrogens with two attached hydrogens (primary N) is 1. The predicted molar refractivity (Wildman–Crippen MR) is 114 cm³/mol. The first-order valence-corrected chi connectivity index (χ1v) is 9.88. The topological polar surface area (TPSA) is 134 Å². The van der Waals surface area contributed by atoms with E-state index in [9.17, 15) is 14.4 Å². The summed E-state index contributed by atoms with van der Waals surface area (Å²) in [6.45, 7) is 1.70. The number of nitrogens with one attached hydrogen (secondary N) is 2. The molecule has 0 saturated carbocycles. The second-order valence-corrected chi connectivity index (χ2v) is 7.18. The van der Waals surface area contributed by atoms with E-state index in [1.807, 2.05) is 66.7 Å². The minimum Gasteiger partial charge on any atom is -0.445 e. The van der Waals surface area contributed by atoms with Crippen LogP contribution in [0.5, 0.6) is 0 Å². The van der Waals surface area contributed by atoms with Gasteiger partial charge in [-0.2, -0.15) is 5.26 Å². The van der Waals surface area contributed by atoms with E-state index in [0.29, 0.717) is 0 Å². The molecular formula is C23H26N4O4. The molecule has 0 spiro atoms. The van der Waals surface area contributed by atoms with Crippen molar-refractivity contribution in [3.63, 3.8) is 0 Å². The second-order valence-electron chi connectivity index (χ2n) is 7.18. The third-order valence-corrected chi connectivity index (χ3v) is 4.69. The number of carbonyl (C=O) groups excluding carboxylic acids is 3. The van der Waals surface area contributed by atoms with Gasteiger partial charge in [0, 0.05) is 12.8 Å². The standard InChI is InChI=1S/C23H26N4O4/c1-16(12-13-24)20(21(25)28)27-22(29)19(14-17-8-4-2-5-9-17)26-23(30)31-15-18-10-6-3-7-11-18/h2-11,16,19-20H,12,14-15H2,1H3,(H2,25,28)(H,26,30)(H,27,29)/t16-,19+,20+/m1/s1. The monoisotopic (exact) mass is 422 g/mol. The maximum Gasteiger partial charge on any atom is 0.408 e. The number of ether oxygens (including phenoxy) is 1. The Kier molecular flexibility index (Phi) is 9.05. The number of hydrogen-bond acceptors (Lipinski definition) is 5. The molecule has 2 aromatic rings. The van der Waals surface area contributed by atoms with E-state index in [-0.39, 0.29) is 19.4 Å². The first-order valence-electron chi connectivity index (χ1n) is 9.88. The first kappa shape index (κ1) is 23.4. The van der Waals surface area contributed by atoms with Crippen molar-refractivity contribution in [2.75, 3.05) is 0 Å². The average Bonchev–Trinajstić information content (AvgIpc) is 2.76. The molecule has 0 fully saturated rings. The molecule has 0 unspecified atom stereocenters. The highest BCUT2D eigenvalue weighted by molar-refractivity contribution is 5.91. The van der Waals surface area contributed by atoms with Crippen molar-refractivity contribution < 1.29 is 19.1 Å². The molecule has 31 heavy (non-hydrogen) atoms. The summed E-state index contributed by atoms with van der Waals surface area (Å²) >= 11 is 0. The third kappa shape index (κ3) is 7.82. The average molecular weight is 422 g/mol. The lowest BCUT2D eigenvalue weighted by Crippen LogP contribution is -2.55. The van der Waals surface area contributed by atoms with Gasteiger partial charge in [0.2, 0.25) is 11.8 Å². The Hall–Kier alpha value is -3.86. The molecule has 0 aromatic heterocycles.